The first kappa shape index (κ1) is 24.9. The van der Waals surface area contributed by atoms with Crippen molar-refractivity contribution in [3.63, 3.8) is 0 Å². The van der Waals surface area contributed by atoms with E-state index in [1.165, 1.54) is 25.9 Å². The van der Waals surface area contributed by atoms with Crippen LogP contribution < -0.4 is 34.6 Å². The molecule has 0 spiro atoms. The van der Waals surface area contributed by atoms with Crippen LogP contribution in [0.5, 0.6) is 28.7 Å². The first-order chi connectivity index (χ1) is 18.4. The lowest BCUT2D eigenvalue weighted by molar-refractivity contribution is -0.115. The Morgan fingerprint density at radius 3 is 2.18 bits per heavy atom. The van der Waals surface area contributed by atoms with Gasteiger partial charge in [-0.3, -0.25) is 14.2 Å². The van der Waals surface area contributed by atoms with Crippen molar-refractivity contribution in [2.45, 2.75) is 13.3 Å². The van der Waals surface area contributed by atoms with Gasteiger partial charge in [-0.25, -0.2) is 4.98 Å². The molecule has 1 aliphatic rings. The zero-order valence-electron chi connectivity index (χ0n) is 21.5. The van der Waals surface area contributed by atoms with Crippen molar-refractivity contribution in [1.29, 1.82) is 0 Å². The highest BCUT2D eigenvalue weighted by atomic mass is 16.6. The predicted octanol–water partition coefficient (Wildman–Crippen LogP) is 3.67. The van der Waals surface area contributed by atoms with Crippen LogP contribution in [0.3, 0.4) is 0 Å². The van der Waals surface area contributed by atoms with E-state index in [-0.39, 0.29) is 17.9 Å². The first-order valence-electron chi connectivity index (χ1n) is 11.9. The second kappa shape index (κ2) is 10.3. The van der Waals surface area contributed by atoms with Crippen molar-refractivity contribution >= 4 is 22.5 Å². The summed E-state index contributed by atoms with van der Waals surface area (Å²) in [7, 11) is 4.57. The molecule has 1 N–H and O–H groups in total. The van der Waals surface area contributed by atoms with Gasteiger partial charge in [-0.15, -0.1) is 0 Å². The Balaban J connectivity index is 1.37. The van der Waals surface area contributed by atoms with Gasteiger partial charge in [0.15, 0.2) is 23.0 Å². The smallest absolute Gasteiger partial charge is 0.266 e. The third-order valence-electron chi connectivity index (χ3n) is 6.20. The van der Waals surface area contributed by atoms with E-state index in [0.717, 1.165) is 0 Å². The Kier molecular flexibility index (Phi) is 6.78. The zero-order valence-corrected chi connectivity index (χ0v) is 21.5. The van der Waals surface area contributed by atoms with Crippen molar-refractivity contribution in [3.05, 3.63) is 70.3 Å². The number of fused-ring (bicyclic) bond motifs is 2. The van der Waals surface area contributed by atoms with Crippen LogP contribution in [0.1, 0.15) is 11.4 Å². The summed E-state index contributed by atoms with van der Waals surface area (Å²) < 4.78 is 28.8. The standard InChI is InChI=1S/C28H27N3O7/c1-16-29-21-15-23-22(37-9-10-38-23)14-20(21)28(33)31(16)19-7-5-18(6-8-19)30-26(32)13-17-11-24(34-2)27(36-4)25(12-17)35-3/h5-8,11-12,14-15H,9-10,13H2,1-4H3,(H,30,32). The topological polar surface area (TPSA) is 110 Å². The van der Waals surface area contributed by atoms with Gasteiger partial charge in [-0.1, -0.05) is 0 Å². The maximum atomic E-state index is 13.4. The SMILES string of the molecule is COc1cc(CC(=O)Nc2ccc(-n3c(C)nc4cc5c(cc4c3=O)OCCO5)cc2)cc(OC)c1OC. The molecule has 1 amide bonds. The van der Waals surface area contributed by atoms with Crippen LogP contribution in [0.2, 0.25) is 0 Å². The Hall–Kier alpha value is -4.73. The summed E-state index contributed by atoms with van der Waals surface area (Å²) in [5, 5.41) is 3.31. The number of methoxy groups -OCH3 is 3. The van der Waals surface area contributed by atoms with Crippen LogP contribution >= 0.6 is 0 Å². The maximum absolute atomic E-state index is 13.4. The van der Waals surface area contributed by atoms with E-state index in [4.69, 9.17) is 23.7 Å². The molecule has 10 nitrogen and oxygen atoms in total. The number of amides is 1. The molecule has 0 bridgehead atoms. The van der Waals surface area contributed by atoms with Crippen molar-refractivity contribution in [1.82, 2.24) is 9.55 Å². The molecule has 196 valence electrons. The van der Waals surface area contributed by atoms with E-state index in [9.17, 15) is 9.59 Å². The minimum absolute atomic E-state index is 0.0989. The molecule has 0 atom stereocenters. The van der Waals surface area contributed by atoms with E-state index >= 15 is 0 Å². The van der Waals surface area contributed by atoms with Crippen molar-refractivity contribution in [2.75, 3.05) is 39.9 Å². The molecule has 38 heavy (non-hydrogen) atoms. The molecule has 0 aliphatic carbocycles. The van der Waals surface area contributed by atoms with Gasteiger partial charge in [0.25, 0.3) is 5.56 Å². The molecule has 0 saturated carbocycles. The van der Waals surface area contributed by atoms with Crippen LogP contribution in [0.15, 0.2) is 53.3 Å². The second-order valence-electron chi connectivity index (χ2n) is 8.62. The number of aryl methyl sites for hydroxylation is 1. The maximum Gasteiger partial charge on any atom is 0.266 e. The van der Waals surface area contributed by atoms with Crippen molar-refractivity contribution in [3.8, 4) is 34.4 Å². The normalized spacial score (nSPS) is 12.2. The monoisotopic (exact) mass is 517 g/mol. The molecule has 0 unspecified atom stereocenters. The third-order valence-corrected chi connectivity index (χ3v) is 6.20. The lowest BCUT2D eigenvalue weighted by Gasteiger charge is -2.19. The Labute approximate surface area is 218 Å². The number of benzene rings is 3. The number of carbonyl (C=O) groups excluding carboxylic acids is 1. The van der Waals surface area contributed by atoms with E-state index < -0.39 is 0 Å². The molecule has 0 fully saturated rings. The number of hydrogen-bond acceptors (Lipinski definition) is 8. The lowest BCUT2D eigenvalue weighted by Crippen LogP contribution is -2.23. The van der Waals surface area contributed by atoms with Gasteiger partial charge in [0, 0.05) is 11.8 Å². The summed E-state index contributed by atoms with van der Waals surface area (Å²) in [6.07, 6.45) is 0.0989. The molecule has 1 aromatic heterocycles. The van der Waals surface area contributed by atoms with Gasteiger partial charge in [-0.05, 0) is 55.0 Å². The highest BCUT2D eigenvalue weighted by Crippen LogP contribution is 2.38. The van der Waals surface area contributed by atoms with Gasteiger partial charge in [0.05, 0.1) is 44.3 Å². The molecule has 5 rings (SSSR count). The predicted molar refractivity (Wildman–Crippen MR) is 141 cm³/mol. The fourth-order valence-electron chi connectivity index (χ4n) is 4.46. The molecular weight excluding hydrogens is 490 g/mol. The third kappa shape index (κ3) is 4.68. The number of hydrogen-bond donors (Lipinski definition) is 1. The molecule has 1 aliphatic heterocycles. The van der Waals surface area contributed by atoms with Gasteiger partial charge in [0.2, 0.25) is 11.7 Å². The van der Waals surface area contributed by atoms with Crippen molar-refractivity contribution in [2.24, 2.45) is 0 Å². The highest BCUT2D eigenvalue weighted by molar-refractivity contribution is 5.92. The van der Waals surface area contributed by atoms with Crippen LogP contribution in [-0.4, -0.2) is 50.0 Å². The van der Waals surface area contributed by atoms with Gasteiger partial charge in [0.1, 0.15) is 19.0 Å². The largest absolute Gasteiger partial charge is 0.493 e. The summed E-state index contributed by atoms with van der Waals surface area (Å²) >= 11 is 0. The number of aromatic nitrogens is 2. The van der Waals surface area contributed by atoms with Crippen LogP contribution in [-0.2, 0) is 11.2 Å². The van der Waals surface area contributed by atoms with Gasteiger partial charge >= 0.3 is 0 Å². The van der Waals surface area contributed by atoms with Gasteiger partial charge < -0.3 is 29.0 Å². The number of ether oxygens (including phenoxy) is 5. The second-order valence-corrected chi connectivity index (χ2v) is 8.62. The fraction of sp³-hybridized carbons (Fsp3) is 0.250. The minimum Gasteiger partial charge on any atom is -0.493 e. The molecule has 10 heteroatoms. The number of anilines is 1. The van der Waals surface area contributed by atoms with Crippen LogP contribution in [0.25, 0.3) is 16.6 Å². The summed E-state index contributed by atoms with van der Waals surface area (Å²) in [5.74, 6) is 2.83. The molecule has 2 heterocycles. The Bertz CT molecular complexity index is 1550. The van der Waals surface area contributed by atoms with E-state index in [2.05, 4.69) is 10.3 Å². The number of carbonyl (C=O) groups is 1. The number of nitrogens with one attached hydrogen (secondary N) is 1. The summed E-state index contributed by atoms with van der Waals surface area (Å²) in [4.78, 5) is 30.7. The van der Waals surface area contributed by atoms with Crippen LogP contribution in [0.4, 0.5) is 5.69 Å². The quantitative estimate of drug-likeness (QED) is 0.396. The Morgan fingerprint density at radius 1 is 0.947 bits per heavy atom. The lowest BCUT2D eigenvalue weighted by atomic mass is 10.1. The summed E-state index contributed by atoms with van der Waals surface area (Å²) in [6.45, 7) is 2.66. The molecule has 4 aromatic rings. The molecule has 0 radical (unpaired) electrons. The van der Waals surface area contributed by atoms with E-state index in [1.54, 1.807) is 55.5 Å². The zero-order chi connectivity index (χ0) is 26.8. The fourth-order valence-corrected chi connectivity index (χ4v) is 4.46. The molecule has 3 aromatic carbocycles. The van der Waals surface area contributed by atoms with Gasteiger partial charge in [-0.2, -0.15) is 0 Å². The number of rotatable bonds is 7. The average molecular weight is 518 g/mol. The highest BCUT2D eigenvalue weighted by Gasteiger charge is 2.18. The number of nitrogens with zero attached hydrogens (tertiary/aromatic N) is 2. The van der Waals surface area contributed by atoms with Crippen molar-refractivity contribution < 1.29 is 28.5 Å². The summed E-state index contributed by atoms with van der Waals surface area (Å²) in [6, 6.07) is 13.9. The van der Waals surface area contributed by atoms with E-state index in [1.807, 2.05) is 0 Å². The minimum atomic E-state index is -0.222. The molecular formula is C28H27N3O7. The van der Waals surface area contributed by atoms with Crippen LogP contribution in [0, 0.1) is 6.92 Å². The average Bonchev–Trinajstić information content (AvgIpc) is 2.92. The Morgan fingerprint density at radius 2 is 1.58 bits per heavy atom. The molecule has 0 saturated heterocycles. The first-order valence-corrected chi connectivity index (χ1v) is 11.9. The summed E-state index contributed by atoms with van der Waals surface area (Å²) in [5.41, 5.74) is 2.24. The van der Waals surface area contributed by atoms with E-state index in [0.29, 0.717) is 75.6 Å².